The van der Waals surface area contributed by atoms with Crippen LogP contribution in [0.1, 0.15) is 47.1 Å². The summed E-state index contributed by atoms with van der Waals surface area (Å²) in [6.07, 6.45) is 7.69. The molecule has 1 aromatic carbocycles. The van der Waals surface area contributed by atoms with Gasteiger partial charge in [0, 0.05) is 0 Å². The first-order valence-electron chi connectivity index (χ1n) is 8.85. The third kappa shape index (κ3) is 5.79. The topological polar surface area (TPSA) is 23.9 Å². The number of nitrogens with one attached hydrogen (secondary N) is 1. The molecule has 0 bridgehead atoms. The van der Waals surface area contributed by atoms with E-state index in [2.05, 4.69) is 63.8 Å². The predicted molar refractivity (Wildman–Crippen MR) is 121 cm³/mol. The summed E-state index contributed by atoms with van der Waals surface area (Å²) in [4.78, 5) is 5.97. The van der Waals surface area contributed by atoms with Crippen molar-refractivity contribution in [3.8, 4) is 0 Å². The minimum atomic E-state index is -0.215. The number of hydrogen-bond acceptors (Lipinski definition) is 2. The molecular formula is C22H32NS2+. The molecular weight excluding hydrogens is 342 g/mol. The number of hydrogen-bond donors (Lipinski definition) is 1. The lowest BCUT2D eigenvalue weighted by atomic mass is 10.2. The standard InChI is InChI=1S/C18H20NS2.2C2H6/c1-5-15-17(7-3)21(14-10-8-13(4)9-11-14)18(12-19)16(6-2)20-15;2*1-2/h5-12,19H,2H2,1,3-4H3;2*1-2H3/q+1;;/b15-5+,17-7+,19-12?;;. The molecule has 136 valence electrons. The van der Waals surface area contributed by atoms with Crippen LogP contribution in [-0.2, 0) is 10.9 Å². The quantitative estimate of drug-likeness (QED) is 0.427. The second kappa shape index (κ2) is 12.8. The van der Waals surface area contributed by atoms with Gasteiger partial charge in [-0.3, -0.25) is 0 Å². The van der Waals surface area contributed by atoms with Crippen molar-refractivity contribution >= 4 is 28.9 Å². The van der Waals surface area contributed by atoms with Gasteiger partial charge in [0.05, 0.1) is 16.0 Å². The maximum absolute atomic E-state index is 7.86. The fraction of sp³-hybridized carbons (Fsp3) is 0.318. The lowest BCUT2D eigenvalue weighted by Crippen LogP contribution is -2.16. The first-order valence-corrected chi connectivity index (χ1v) is 10.9. The molecule has 0 saturated carbocycles. The van der Waals surface area contributed by atoms with Crippen LogP contribution in [0.3, 0.4) is 0 Å². The van der Waals surface area contributed by atoms with E-state index in [-0.39, 0.29) is 10.9 Å². The molecule has 1 aromatic rings. The highest BCUT2D eigenvalue weighted by Gasteiger charge is 2.40. The molecule has 0 aromatic heterocycles. The summed E-state index contributed by atoms with van der Waals surface area (Å²) in [5, 5.41) is 7.86. The Hall–Kier alpha value is -1.45. The van der Waals surface area contributed by atoms with Crippen molar-refractivity contribution in [2.75, 3.05) is 0 Å². The molecule has 0 amide bonds. The van der Waals surface area contributed by atoms with Crippen LogP contribution in [-0.4, -0.2) is 6.21 Å². The smallest absolute Gasteiger partial charge is 0.197 e. The van der Waals surface area contributed by atoms with Gasteiger partial charge in [0.2, 0.25) is 0 Å². The Morgan fingerprint density at radius 3 is 1.96 bits per heavy atom. The number of aryl methyl sites for hydroxylation is 1. The van der Waals surface area contributed by atoms with Gasteiger partial charge in [-0.25, -0.2) is 0 Å². The SMILES string of the molecule is C=CC1=C(C=N)[S+](c2ccc(C)cc2)C(=C/C)/C(=C\C)S1.CC.CC. The predicted octanol–water partition coefficient (Wildman–Crippen LogP) is 7.63. The van der Waals surface area contributed by atoms with E-state index in [4.69, 9.17) is 5.41 Å². The van der Waals surface area contributed by atoms with Crippen LogP contribution >= 0.6 is 11.8 Å². The van der Waals surface area contributed by atoms with Gasteiger partial charge in [0.15, 0.2) is 14.7 Å². The highest BCUT2D eigenvalue weighted by molar-refractivity contribution is 8.14. The first-order chi connectivity index (χ1) is 12.2. The number of thioether (sulfide) groups is 1. The third-order valence-corrected chi connectivity index (χ3v) is 7.20. The Kier molecular flexibility index (Phi) is 12.1. The van der Waals surface area contributed by atoms with Crippen LogP contribution in [0.25, 0.3) is 0 Å². The average molecular weight is 375 g/mol. The lowest BCUT2D eigenvalue weighted by Gasteiger charge is -2.20. The normalized spacial score (nSPS) is 19.6. The highest BCUT2D eigenvalue weighted by atomic mass is 32.2. The fourth-order valence-corrected chi connectivity index (χ4v) is 5.88. The van der Waals surface area contributed by atoms with Crippen molar-refractivity contribution in [2.45, 2.75) is 53.4 Å². The summed E-state index contributed by atoms with van der Waals surface area (Å²) in [6, 6.07) is 8.63. The minimum absolute atomic E-state index is 0.215. The minimum Gasteiger partial charge on any atom is -0.303 e. The molecule has 3 heteroatoms. The molecule has 1 aliphatic rings. The summed E-state index contributed by atoms with van der Waals surface area (Å²) in [5.74, 6) is 0. The summed E-state index contributed by atoms with van der Waals surface area (Å²) in [7, 11) is -0.215. The van der Waals surface area contributed by atoms with Crippen LogP contribution in [0.2, 0.25) is 0 Å². The van der Waals surface area contributed by atoms with Gasteiger partial charge in [0.1, 0.15) is 10.9 Å². The molecule has 0 radical (unpaired) electrons. The maximum Gasteiger partial charge on any atom is 0.197 e. The van der Waals surface area contributed by atoms with Crippen LogP contribution in [0, 0.1) is 12.3 Å². The van der Waals surface area contributed by atoms with E-state index >= 15 is 0 Å². The zero-order chi connectivity index (χ0) is 19.4. The van der Waals surface area contributed by atoms with Crippen molar-refractivity contribution in [3.05, 3.63) is 74.3 Å². The number of benzene rings is 1. The van der Waals surface area contributed by atoms with Crippen LogP contribution in [0.15, 0.2) is 73.6 Å². The van der Waals surface area contributed by atoms with Crippen molar-refractivity contribution in [3.63, 3.8) is 0 Å². The van der Waals surface area contributed by atoms with Crippen molar-refractivity contribution < 1.29 is 0 Å². The van der Waals surface area contributed by atoms with E-state index in [9.17, 15) is 0 Å². The largest absolute Gasteiger partial charge is 0.303 e. The van der Waals surface area contributed by atoms with Gasteiger partial charge < -0.3 is 5.41 Å². The van der Waals surface area contributed by atoms with Gasteiger partial charge in [-0.05, 0) is 39.0 Å². The van der Waals surface area contributed by atoms with Crippen LogP contribution in [0.5, 0.6) is 0 Å². The molecule has 1 unspecified atom stereocenters. The molecule has 2 rings (SSSR count). The zero-order valence-electron chi connectivity index (χ0n) is 16.6. The molecule has 1 heterocycles. The van der Waals surface area contributed by atoms with E-state index in [0.717, 1.165) is 9.81 Å². The van der Waals surface area contributed by atoms with Gasteiger partial charge in [0.25, 0.3) is 0 Å². The van der Waals surface area contributed by atoms with Gasteiger partial charge in [-0.15, -0.1) is 0 Å². The van der Waals surface area contributed by atoms with Gasteiger partial charge >= 0.3 is 0 Å². The lowest BCUT2D eigenvalue weighted by molar-refractivity contribution is 1.37. The molecule has 25 heavy (non-hydrogen) atoms. The monoisotopic (exact) mass is 374 g/mol. The number of allylic oxidation sites excluding steroid dienone is 4. The Bertz CT molecular complexity index is 649. The maximum atomic E-state index is 7.86. The fourth-order valence-electron chi connectivity index (χ4n) is 2.20. The highest BCUT2D eigenvalue weighted by Crippen LogP contribution is 2.47. The zero-order valence-corrected chi connectivity index (χ0v) is 18.3. The summed E-state index contributed by atoms with van der Waals surface area (Å²) in [5.41, 5.74) is 1.26. The van der Waals surface area contributed by atoms with Gasteiger partial charge in [-0.2, -0.15) is 0 Å². The molecule has 1 N–H and O–H groups in total. The van der Waals surface area contributed by atoms with E-state index in [1.54, 1.807) is 11.8 Å². The summed E-state index contributed by atoms with van der Waals surface area (Å²) < 4.78 is 0. The second-order valence-corrected chi connectivity index (χ2v) is 7.65. The second-order valence-electron chi connectivity index (χ2n) is 4.60. The third-order valence-electron chi connectivity index (χ3n) is 3.24. The first kappa shape index (κ1) is 23.5. The molecule has 0 aliphatic carbocycles. The van der Waals surface area contributed by atoms with E-state index in [1.165, 1.54) is 26.5 Å². The average Bonchev–Trinajstić information content (AvgIpc) is 2.69. The van der Waals surface area contributed by atoms with Crippen molar-refractivity contribution in [1.82, 2.24) is 0 Å². The summed E-state index contributed by atoms with van der Waals surface area (Å²) in [6.45, 7) is 18.2. The Balaban J connectivity index is 0.00000134. The van der Waals surface area contributed by atoms with E-state index in [1.807, 2.05) is 33.8 Å². The Morgan fingerprint density at radius 2 is 1.56 bits per heavy atom. The molecule has 1 nitrogen and oxygen atoms in total. The van der Waals surface area contributed by atoms with Crippen LogP contribution in [0.4, 0.5) is 0 Å². The molecule has 0 spiro atoms. The molecule has 1 atom stereocenters. The van der Waals surface area contributed by atoms with Crippen molar-refractivity contribution in [1.29, 1.82) is 5.41 Å². The van der Waals surface area contributed by atoms with Crippen molar-refractivity contribution in [2.24, 2.45) is 0 Å². The summed E-state index contributed by atoms with van der Waals surface area (Å²) >= 11 is 1.71. The number of rotatable bonds is 3. The Labute approximate surface area is 161 Å². The van der Waals surface area contributed by atoms with E-state index < -0.39 is 0 Å². The molecule has 0 fully saturated rings. The van der Waals surface area contributed by atoms with Crippen LogP contribution < -0.4 is 0 Å². The van der Waals surface area contributed by atoms with Gasteiger partial charge in [-0.1, -0.05) is 75.9 Å². The Morgan fingerprint density at radius 1 is 1.00 bits per heavy atom. The molecule has 0 saturated heterocycles. The molecule has 1 aliphatic heterocycles. The van der Waals surface area contributed by atoms with E-state index in [0.29, 0.717) is 0 Å².